The van der Waals surface area contributed by atoms with Crippen molar-refractivity contribution < 1.29 is 80.2 Å². The van der Waals surface area contributed by atoms with Crippen molar-refractivity contribution >= 4 is 39.5 Å². The van der Waals surface area contributed by atoms with Gasteiger partial charge < -0.3 is 33.8 Å². The maximum atomic E-state index is 13.1. The van der Waals surface area contributed by atoms with Gasteiger partial charge in [0.1, 0.15) is 19.3 Å². The molecule has 0 amide bonds. The number of rotatable bonds is 84. The van der Waals surface area contributed by atoms with Crippen molar-refractivity contribution in [1.29, 1.82) is 0 Å². The summed E-state index contributed by atoms with van der Waals surface area (Å²) in [5.74, 6) is 0.236. The minimum Gasteiger partial charge on any atom is -0.462 e. The first-order valence-corrected chi connectivity index (χ1v) is 47.4. The lowest BCUT2D eigenvalue weighted by Crippen LogP contribution is -2.30. The number of phosphoric acid groups is 2. The predicted molar refractivity (Wildman–Crippen MR) is 432 cm³/mol. The van der Waals surface area contributed by atoms with Gasteiger partial charge in [-0.1, -0.05) is 402 Å². The van der Waals surface area contributed by atoms with Crippen molar-refractivity contribution in [1.82, 2.24) is 0 Å². The minimum atomic E-state index is -4.97. The Bertz CT molecular complexity index is 2030. The number of ether oxygens (including phenoxy) is 4. The molecule has 105 heavy (non-hydrogen) atoms. The van der Waals surface area contributed by atoms with Crippen molar-refractivity contribution in [3.63, 3.8) is 0 Å². The summed E-state index contributed by atoms with van der Waals surface area (Å²) in [6.07, 6.45) is 66.7. The van der Waals surface area contributed by atoms with Crippen LogP contribution in [0.3, 0.4) is 0 Å². The average Bonchev–Trinajstić information content (AvgIpc) is 0.923. The van der Waals surface area contributed by atoms with Crippen LogP contribution in [0.1, 0.15) is 453 Å². The highest BCUT2D eigenvalue weighted by molar-refractivity contribution is 7.47. The molecule has 0 aromatic heterocycles. The molecule has 19 heteroatoms. The van der Waals surface area contributed by atoms with Gasteiger partial charge >= 0.3 is 39.5 Å². The Kier molecular flexibility index (Phi) is 74.7. The summed E-state index contributed by atoms with van der Waals surface area (Å²) in [6.45, 7) is 12.0. The number of esters is 4. The number of carbonyl (C=O) groups excluding carboxylic acids is 4. The molecule has 0 aromatic rings. The van der Waals surface area contributed by atoms with Gasteiger partial charge in [0, 0.05) is 25.7 Å². The van der Waals surface area contributed by atoms with Crippen LogP contribution in [0.5, 0.6) is 0 Å². The van der Waals surface area contributed by atoms with Gasteiger partial charge in [-0.2, -0.15) is 0 Å². The van der Waals surface area contributed by atoms with Crippen molar-refractivity contribution in [3.05, 3.63) is 0 Å². The fraction of sp³-hybridized carbons (Fsp3) is 0.953. The summed E-state index contributed by atoms with van der Waals surface area (Å²) in [7, 11) is -9.93. The fourth-order valence-electron chi connectivity index (χ4n) is 13.3. The summed E-state index contributed by atoms with van der Waals surface area (Å²) < 4.78 is 68.9. The minimum absolute atomic E-state index is 0.106. The average molecular weight is 1540 g/mol. The predicted octanol–water partition coefficient (Wildman–Crippen LogP) is 26.1. The molecule has 0 saturated heterocycles. The molecule has 6 atom stereocenters. The van der Waals surface area contributed by atoms with Crippen LogP contribution in [0.15, 0.2) is 0 Å². The molecule has 0 aliphatic heterocycles. The van der Waals surface area contributed by atoms with Crippen LogP contribution in [0, 0.1) is 17.8 Å². The van der Waals surface area contributed by atoms with Gasteiger partial charge in [-0.3, -0.25) is 37.3 Å². The lowest BCUT2D eigenvalue weighted by Gasteiger charge is -2.21. The standard InChI is InChI=1S/C86H168O17P2/c1-8-10-11-12-13-14-15-16-17-18-19-20-21-22-23-24-29-34-39-48-55-62-69-85(90)102-81(73-96-83(88)67-60-53-46-38-33-28-26-25-27-31-36-43-50-57-64-77(3)4)75-100-104(92,93)98-71-80(87)72-99-105(94,95)101-76-82(74-97-84(89)68-61-54-47-42-41-45-52-59-66-79(7)9-2)103-86(91)70-63-56-49-40-35-30-32-37-44-51-58-65-78(5)6/h77-82,87H,8-76H2,1-7H3,(H,92,93)(H,94,95)/t79?,80-,81-,82-/m1/s1. The zero-order valence-corrected chi connectivity index (χ0v) is 71.0. The molecule has 0 fully saturated rings. The fourth-order valence-corrected chi connectivity index (χ4v) is 14.9. The molecule has 0 aliphatic rings. The van der Waals surface area contributed by atoms with Crippen LogP contribution in [0.2, 0.25) is 0 Å². The highest BCUT2D eigenvalue weighted by Gasteiger charge is 2.30. The normalized spacial score (nSPS) is 14.1. The van der Waals surface area contributed by atoms with Gasteiger partial charge in [-0.05, 0) is 43.4 Å². The molecule has 624 valence electrons. The smallest absolute Gasteiger partial charge is 0.462 e. The van der Waals surface area contributed by atoms with Crippen molar-refractivity contribution in [2.45, 2.75) is 471 Å². The number of phosphoric ester groups is 2. The van der Waals surface area contributed by atoms with E-state index in [1.54, 1.807) is 0 Å². The van der Waals surface area contributed by atoms with Gasteiger partial charge in [0.25, 0.3) is 0 Å². The van der Waals surface area contributed by atoms with E-state index < -0.39 is 97.5 Å². The Labute approximate surface area is 645 Å². The van der Waals surface area contributed by atoms with Crippen LogP contribution < -0.4 is 0 Å². The van der Waals surface area contributed by atoms with Gasteiger partial charge in [0.05, 0.1) is 26.4 Å². The second kappa shape index (κ2) is 76.1. The molecule has 3 unspecified atom stereocenters. The number of aliphatic hydroxyl groups is 1. The Hall–Kier alpha value is -1.94. The van der Waals surface area contributed by atoms with Crippen LogP contribution >= 0.6 is 15.6 Å². The van der Waals surface area contributed by atoms with Crippen LogP contribution in [0.4, 0.5) is 0 Å². The zero-order chi connectivity index (χ0) is 77.2. The maximum Gasteiger partial charge on any atom is 0.472 e. The number of carbonyl (C=O) groups is 4. The van der Waals surface area contributed by atoms with E-state index >= 15 is 0 Å². The van der Waals surface area contributed by atoms with Crippen molar-refractivity contribution in [3.8, 4) is 0 Å². The van der Waals surface area contributed by atoms with E-state index in [4.69, 9.17) is 37.0 Å². The van der Waals surface area contributed by atoms with Crippen LogP contribution in [-0.4, -0.2) is 96.7 Å². The molecule has 3 N–H and O–H groups in total. The molecule has 0 spiro atoms. The summed E-state index contributed by atoms with van der Waals surface area (Å²) in [4.78, 5) is 73.2. The van der Waals surface area contributed by atoms with Gasteiger partial charge in [0.15, 0.2) is 12.2 Å². The highest BCUT2D eigenvalue weighted by atomic mass is 31.2. The summed E-state index contributed by atoms with van der Waals surface area (Å²) in [5, 5.41) is 10.7. The number of hydrogen-bond acceptors (Lipinski definition) is 15. The second-order valence-electron chi connectivity index (χ2n) is 32.1. The Balaban J connectivity index is 5.24. The highest BCUT2D eigenvalue weighted by Crippen LogP contribution is 2.45. The lowest BCUT2D eigenvalue weighted by atomic mass is 9.99. The third kappa shape index (κ3) is 78.5. The number of aliphatic hydroxyl groups excluding tert-OH is 1. The third-order valence-electron chi connectivity index (χ3n) is 20.5. The third-order valence-corrected chi connectivity index (χ3v) is 22.4. The first-order valence-electron chi connectivity index (χ1n) is 44.4. The van der Waals surface area contributed by atoms with E-state index in [0.29, 0.717) is 25.7 Å². The van der Waals surface area contributed by atoms with E-state index in [1.165, 1.54) is 263 Å². The van der Waals surface area contributed by atoms with Crippen LogP contribution in [0.25, 0.3) is 0 Å². The molecule has 0 rings (SSSR count). The summed E-state index contributed by atoms with van der Waals surface area (Å²) in [5.41, 5.74) is 0. The summed E-state index contributed by atoms with van der Waals surface area (Å²) >= 11 is 0. The number of hydrogen-bond donors (Lipinski definition) is 3. The van der Waals surface area contributed by atoms with E-state index in [2.05, 4.69) is 48.5 Å². The molecule has 17 nitrogen and oxygen atoms in total. The SMILES string of the molecule is CCCCCCCCCCCCCCCCCCCCCCCCC(=O)O[C@H](COC(=O)CCCCCCCCCCCCCCCCC(C)C)COP(=O)(O)OC[C@@H](O)COP(=O)(O)OC[C@@H](COC(=O)CCCCCCCCCCC(C)CC)OC(=O)CCCCCCCCCCCCCC(C)C. The van der Waals surface area contributed by atoms with E-state index in [0.717, 1.165) is 108 Å². The Morgan fingerprint density at radius 1 is 0.276 bits per heavy atom. The van der Waals surface area contributed by atoms with Gasteiger partial charge in [-0.15, -0.1) is 0 Å². The van der Waals surface area contributed by atoms with Crippen LogP contribution in [-0.2, 0) is 65.4 Å². The molecule has 0 heterocycles. The summed E-state index contributed by atoms with van der Waals surface area (Å²) in [6, 6.07) is 0. The molecule has 0 bridgehead atoms. The van der Waals surface area contributed by atoms with E-state index in [9.17, 15) is 43.2 Å². The molecular weight excluding hydrogens is 1370 g/mol. The first-order chi connectivity index (χ1) is 50.8. The molecular formula is C86H168O17P2. The molecule has 0 aromatic carbocycles. The molecule has 0 aliphatic carbocycles. The van der Waals surface area contributed by atoms with Gasteiger partial charge in [0.2, 0.25) is 0 Å². The molecule has 0 radical (unpaired) electrons. The van der Waals surface area contributed by atoms with Crippen molar-refractivity contribution in [2.75, 3.05) is 39.6 Å². The lowest BCUT2D eigenvalue weighted by molar-refractivity contribution is -0.161. The molecule has 0 saturated carbocycles. The second-order valence-corrected chi connectivity index (χ2v) is 35.0. The number of unbranched alkanes of at least 4 members (excludes halogenated alkanes) is 51. The zero-order valence-electron chi connectivity index (χ0n) is 69.2. The quantitative estimate of drug-likeness (QED) is 0.0222. The Morgan fingerprint density at radius 3 is 0.724 bits per heavy atom. The monoisotopic (exact) mass is 1540 g/mol. The first kappa shape index (κ1) is 103. The van der Waals surface area contributed by atoms with E-state index in [-0.39, 0.29) is 25.7 Å². The van der Waals surface area contributed by atoms with E-state index in [1.807, 2.05) is 0 Å². The largest absolute Gasteiger partial charge is 0.472 e. The maximum absolute atomic E-state index is 13.1. The van der Waals surface area contributed by atoms with Crippen molar-refractivity contribution in [2.24, 2.45) is 17.8 Å². The topological polar surface area (TPSA) is 237 Å². The Morgan fingerprint density at radius 2 is 0.486 bits per heavy atom. The van der Waals surface area contributed by atoms with Gasteiger partial charge in [-0.25, -0.2) is 9.13 Å².